The van der Waals surface area contributed by atoms with Crippen molar-refractivity contribution in [3.63, 3.8) is 0 Å². The lowest BCUT2D eigenvalue weighted by Gasteiger charge is -2.24. The molecule has 1 saturated carbocycles. The fourth-order valence-electron chi connectivity index (χ4n) is 3.14. The van der Waals surface area contributed by atoms with Crippen LogP contribution < -0.4 is 5.32 Å². The van der Waals surface area contributed by atoms with Crippen LogP contribution in [-0.4, -0.2) is 6.04 Å². The van der Waals surface area contributed by atoms with Gasteiger partial charge >= 0.3 is 0 Å². The topological polar surface area (TPSA) is 12.0 Å². The molecule has 2 aliphatic carbocycles. The fourth-order valence-corrected chi connectivity index (χ4v) is 3.14. The van der Waals surface area contributed by atoms with Gasteiger partial charge in [-0.25, -0.2) is 0 Å². The van der Waals surface area contributed by atoms with E-state index in [4.69, 9.17) is 0 Å². The summed E-state index contributed by atoms with van der Waals surface area (Å²) >= 11 is 0. The predicted molar refractivity (Wildman–Crippen MR) is 69.0 cm³/mol. The summed E-state index contributed by atoms with van der Waals surface area (Å²) in [5, 5.41) is 3.71. The van der Waals surface area contributed by atoms with Crippen LogP contribution in [0.1, 0.15) is 49.7 Å². The Morgan fingerprint density at radius 1 is 0.875 bits per heavy atom. The number of nitrogens with one attached hydrogen (secondary N) is 1. The molecule has 1 aromatic carbocycles. The molecule has 0 saturated heterocycles. The molecular weight excluding hydrogens is 194 g/mol. The Bertz CT molecular complexity index is 364. The van der Waals surface area contributed by atoms with Crippen LogP contribution in [0.4, 0.5) is 5.69 Å². The largest absolute Gasteiger partial charge is 0.382 e. The highest BCUT2D eigenvalue weighted by Gasteiger charge is 2.15. The van der Waals surface area contributed by atoms with E-state index in [9.17, 15) is 0 Å². The zero-order valence-corrected chi connectivity index (χ0v) is 9.97. The minimum absolute atomic E-state index is 0.730. The predicted octanol–water partition coefficient (Wildman–Crippen LogP) is 3.92. The lowest BCUT2D eigenvalue weighted by atomic mass is 9.95. The van der Waals surface area contributed by atoms with Crippen molar-refractivity contribution >= 4 is 5.69 Å². The van der Waals surface area contributed by atoms with Gasteiger partial charge in [-0.05, 0) is 55.4 Å². The molecule has 1 N–H and O–H groups in total. The molecule has 1 fully saturated rings. The first-order valence-electron chi connectivity index (χ1n) is 6.80. The SMILES string of the molecule is c1cc2c(cc1NC1CCCCC1)CCC2. The van der Waals surface area contributed by atoms with E-state index in [1.807, 2.05) is 0 Å². The van der Waals surface area contributed by atoms with E-state index < -0.39 is 0 Å². The number of fused-ring (bicyclic) bond motifs is 1. The van der Waals surface area contributed by atoms with Crippen molar-refractivity contribution in [3.05, 3.63) is 29.3 Å². The molecule has 0 atom stereocenters. The first-order valence-corrected chi connectivity index (χ1v) is 6.80. The van der Waals surface area contributed by atoms with Gasteiger partial charge in [0.1, 0.15) is 0 Å². The third kappa shape index (κ3) is 2.09. The van der Waals surface area contributed by atoms with Crippen molar-refractivity contribution in [1.82, 2.24) is 0 Å². The maximum absolute atomic E-state index is 3.71. The van der Waals surface area contributed by atoms with E-state index in [0.717, 1.165) is 6.04 Å². The molecule has 1 heteroatoms. The Labute approximate surface area is 98.3 Å². The van der Waals surface area contributed by atoms with Gasteiger partial charge in [0.25, 0.3) is 0 Å². The number of anilines is 1. The molecule has 16 heavy (non-hydrogen) atoms. The molecule has 0 aromatic heterocycles. The molecule has 0 amide bonds. The normalized spacial score (nSPS) is 20.8. The number of rotatable bonds is 2. The van der Waals surface area contributed by atoms with E-state index in [2.05, 4.69) is 23.5 Å². The Morgan fingerprint density at radius 2 is 1.69 bits per heavy atom. The van der Waals surface area contributed by atoms with Crippen LogP contribution in [0.3, 0.4) is 0 Å². The summed E-state index contributed by atoms with van der Waals surface area (Å²) in [4.78, 5) is 0. The molecule has 0 heterocycles. The van der Waals surface area contributed by atoms with E-state index >= 15 is 0 Å². The van der Waals surface area contributed by atoms with Crippen molar-refractivity contribution in [2.75, 3.05) is 5.32 Å². The molecule has 0 radical (unpaired) electrons. The highest BCUT2D eigenvalue weighted by atomic mass is 14.9. The Morgan fingerprint density at radius 3 is 2.56 bits per heavy atom. The van der Waals surface area contributed by atoms with Crippen molar-refractivity contribution in [1.29, 1.82) is 0 Å². The lowest BCUT2D eigenvalue weighted by molar-refractivity contribution is 0.463. The monoisotopic (exact) mass is 215 g/mol. The summed E-state index contributed by atoms with van der Waals surface area (Å²) < 4.78 is 0. The van der Waals surface area contributed by atoms with E-state index in [1.165, 1.54) is 57.1 Å². The molecular formula is C15H21N. The van der Waals surface area contributed by atoms with Crippen molar-refractivity contribution in [3.8, 4) is 0 Å². The number of hydrogen-bond acceptors (Lipinski definition) is 1. The number of benzene rings is 1. The first kappa shape index (κ1) is 10.2. The van der Waals surface area contributed by atoms with Crippen molar-refractivity contribution in [2.45, 2.75) is 57.4 Å². The molecule has 3 rings (SSSR count). The van der Waals surface area contributed by atoms with E-state index in [1.54, 1.807) is 11.1 Å². The van der Waals surface area contributed by atoms with E-state index in [0.29, 0.717) is 0 Å². The molecule has 0 aliphatic heterocycles. The van der Waals surface area contributed by atoms with Gasteiger partial charge in [-0.1, -0.05) is 25.3 Å². The molecule has 1 aromatic rings. The van der Waals surface area contributed by atoms with Gasteiger partial charge < -0.3 is 5.32 Å². The Hall–Kier alpha value is -0.980. The van der Waals surface area contributed by atoms with Gasteiger partial charge in [0.05, 0.1) is 0 Å². The van der Waals surface area contributed by atoms with Gasteiger partial charge in [-0.3, -0.25) is 0 Å². The average molecular weight is 215 g/mol. The molecule has 2 aliphatic rings. The van der Waals surface area contributed by atoms with Crippen LogP contribution >= 0.6 is 0 Å². The van der Waals surface area contributed by atoms with Crippen molar-refractivity contribution in [2.24, 2.45) is 0 Å². The summed E-state index contributed by atoms with van der Waals surface area (Å²) in [5.41, 5.74) is 4.52. The fraction of sp³-hybridized carbons (Fsp3) is 0.600. The summed E-state index contributed by atoms with van der Waals surface area (Å²) in [7, 11) is 0. The zero-order valence-electron chi connectivity index (χ0n) is 9.97. The highest BCUT2D eigenvalue weighted by molar-refractivity contribution is 5.50. The Balaban J connectivity index is 1.69. The quantitative estimate of drug-likeness (QED) is 0.788. The first-order chi connectivity index (χ1) is 7.92. The number of aryl methyl sites for hydroxylation is 2. The van der Waals surface area contributed by atoms with Crippen LogP contribution in [0.2, 0.25) is 0 Å². The second-order valence-corrected chi connectivity index (χ2v) is 5.32. The molecule has 1 nitrogen and oxygen atoms in total. The zero-order chi connectivity index (χ0) is 10.8. The van der Waals surface area contributed by atoms with Crippen LogP contribution in [0.5, 0.6) is 0 Å². The maximum atomic E-state index is 3.71. The minimum Gasteiger partial charge on any atom is -0.382 e. The highest BCUT2D eigenvalue weighted by Crippen LogP contribution is 2.27. The second-order valence-electron chi connectivity index (χ2n) is 5.32. The Kier molecular flexibility index (Phi) is 2.86. The lowest BCUT2D eigenvalue weighted by Crippen LogP contribution is -2.22. The van der Waals surface area contributed by atoms with Crippen LogP contribution in [0.25, 0.3) is 0 Å². The smallest absolute Gasteiger partial charge is 0.0345 e. The van der Waals surface area contributed by atoms with Crippen LogP contribution in [0, 0.1) is 0 Å². The molecule has 0 unspecified atom stereocenters. The molecule has 0 spiro atoms. The van der Waals surface area contributed by atoms with Gasteiger partial charge in [-0.2, -0.15) is 0 Å². The van der Waals surface area contributed by atoms with Crippen LogP contribution in [-0.2, 0) is 12.8 Å². The maximum Gasteiger partial charge on any atom is 0.0345 e. The third-order valence-electron chi connectivity index (χ3n) is 4.07. The second kappa shape index (κ2) is 4.48. The van der Waals surface area contributed by atoms with E-state index in [-0.39, 0.29) is 0 Å². The summed E-state index contributed by atoms with van der Waals surface area (Å²) in [5.74, 6) is 0. The van der Waals surface area contributed by atoms with Crippen molar-refractivity contribution < 1.29 is 0 Å². The average Bonchev–Trinajstić information content (AvgIpc) is 2.77. The van der Waals surface area contributed by atoms with Gasteiger partial charge in [0.2, 0.25) is 0 Å². The summed E-state index contributed by atoms with van der Waals surface area (Å²) in [6, 6.07) is 7.72. The minimum atomic E-state index is 0.730. The summed E-state index contributed by atoms with van der Waals surface area (Å²) in [6.07, 6.45) is 10.9. The summed E-state index contributed by atoms with van der Waals surface area (Å²) in [6.45, 7) is 0. The molecule has 86 valence electrons. The van der Waals surface area contributed by atoms with Gasteiger partial charge in [0, 0.05) is 11.7 Å². The molecule has 0 bridgehead atoms. The van der Waals surface area contributed by atoms with Gasteiger partial charge in [0.15, 0.2) is 0 Å². The van der Waals surface area contributed by atoms with Crippen LogP contribution in [0.15, 0.2) is 18.2 Å². The third-order valence-corrected chi connectivity index (χ3v) is 4.07. The number of hydrogen-bond donors (Lipinski definition) is 1. The standard InChI is InChI=1S/C15H21N/c1-2-7-14(8-3-1)16-15-10-9-12-5-4-6-13(12)11-15/h9-11,14,16H,1-8H2. The van der Waals surface area contributed by atoms with Gasteiger partial charge in [-0.15, -0.1) is 0 Å².